The first kappa shape index (κ1) is 21.1. The number of allylic oxidation sites excluding steroid dienone is 1. The first-order valence-electron chi connectivity index (χ1n) is 9.37. The van der Waals surface area contributed by atoms with Gasteiger partial charge in [-0.1, -0.05) is 50.8 Å². The van der Waals surface area contributed by atoms with Crippen molar-refractivity contribution in [1.29, 1.82) is 0 Å². The summed E-state index contributed by atoms with van der Waals surface area (Å²) in [4.78, 5) is 12.1. The van der Waals surface area contributed by atoms with E-state index in [2.05, 4.69) is 18.0 Å². The normalized spacial score (nSPS) is 10.8. The number of carbonyl (C=O) groups is 1. The van der Waals surface area contributed by atoms with Gasteiger partial charge >= 0.3 is 6.09 Å². The molecule has 0 saturated carbocycles. The smallest absolute Gasteiger partial charge is 0.412 e. The van der Waals surface area contributed by atoms with Crippen molar-refractivity contribution in [3.63, 3.8) is 0 Å². The molecule has 1 rings (SSSR count). The van der Waals surface area contributed by atoms with Crippen LogP contribution in [-0.4, -0.2) is 11.7 Å². The molecule has 1 aromatic carbocycles. The topological polar surface area (TPSA) is 38.3 Å². The number of rotatable bonds is 8. The fraction of sp³-hybridized carbons (Fsp3) is 0.545. The average molecular weight is 344 g/mol. The maximum atomic E-state index is 12.1. The summed E-state index contributed by atoms with van der Waals surface area (Å²) < 4.78 is 5.37. The third kappa shape index (κ3) is 8.60. The highest BCUT2D eigenvalue weighted by Crippen LogP contribution is 2.28. The molecule has 25 heavy (non-hydrogen) atoms. The van der Waals surface area contributed by atoms with E-state index < -0.39 is 11.7 Å². The van der Waals surface area contributed by atoms with E-state index in [0.29, 0.717) is 0 Å². The van der Waals surface area contributed by atoms with Gasteiger partial charge in [-0.3, -0.25) is 5.32 Å². The van der Waals surface area contributed by atoms with Gasteiger partial charge in [-0.15, -0.1) is 5.73 Å². The molecule has 0 unspecified atom stereocenters. The Bertz CT molecular complexity index is 605. The van der Waals surface area contributed by atoms with Gasteiger partial charge in [0.05, 0.1) is 5.69 Å². The lowest BCUT2D eigenvalue weighted by Crippen LogP contribution is -2.27. The minimum Gasteiger partial charge on any atom is -0.444 e. The summed E-state index contributed by atoms with van der Waals surface area (Å²) in [5, 5.41) is 2.88. The van der Waals surface area contributed by atoms with Crippen molar-refractivity contribution in [2.24, 2.45) is 0 Å². The van der Waals surface area contributed by atoms with Gasteiger partial charge in [-0.25, -0.2) is 4.79 Å². The number of nitrogens with one attached hydrogen (secondary N) is 1. The zero-order valence-corrected chi connectivity index (χ0v) is 16.4. The number of unbranched alkanes of at least 4 members (excludes halogenated alkanes) is 4. The molecule has 1 amide bonds. The van der Waals surface area contributed by atoms with Gasteiger partial charge in [0.15, 0.2) is 0 Å². The van der Waals surface area contributed by atoms with Crippen molar-refractivity contribution in [2.75, 3.05) is 5.32 Å². The Labute approximate surface area is 153 Å². The highest BCUT2D eigenvalue weighted by atomic mass is 16.6. The van der Waals surface area contributed by atoms with Gasteiger partial charge in [0.1, 0.15) is 5.60 Å². The van der Waals surface area contributed by atoms with Crippen molar-refractivity contribution in [1.82, 2.24) is 0 Å². The Morgan fingerprint density at radius 1 is 1.16 bits per heavy atom. The summed E-state index contributed by atoms with van der Waals surface area (Å²) in [6, 6.07) is 7.85. The molecule has 0 aliphatic heterocycles. The number of ether oxygens (including phenoxy) is 1. The quantitative estimate of drug-likeness (QED) is 0.409. The highest BCUT2D eigenvalue weighted by molar-refractivity contribution is 5.90. The molecule has 0 atom stereocenters. The summed E-state index contributed by atoms with van der Waals surface area (Å²) in [6.07, 6.45) is 8.65. The van der Waals surface area contributed by atoms with Crippen molar-refractivity contribution in [2.45, 2.75) is 78.7 Å². The van der Waals surface area contributed by atoms with Gasteiger partial charge < -0.3 is 4.74 Å². The first-order chi connectivity index (χ1) is 11.9. The van der Waals surface area contributed by atoms with Crippen LogP contribution in [0.1, 0.15) is 78.7 Å². The lowest BCUT2D eigenvalue weighted by atomic mass is 9.98. The van der Waals surface area contributed by atoms with Crippen LogP contribution in [0.4, 0.5) is 10.5 Å². The molecule has 3 heteroatoms. The highest BCUT2D eigenvalue weighted by Gasteiger charge is 2.17. The van der Waals surface area contributed by atoms with Crippen LogP contribution in [0.25, 0.3) is 5.57 Å². The molecule has 0 fully saturated rings. The maximum Gasteiger partial charge on any atom is 0.412 e. The largest absolute Gasteiger partial charge is 0.444 e. The molecule has 0 aliphatic rings. The van der Waals surface area contributed by atoms with Crippen molar-refractivity contribution >= 4 is 17.4 Å². The standard InChI is InChI=1S/C22H33NO2/c1-6-8-9-10-11-15-18(14-7-2)19-16-12-13-17-20(19)23-21(24)25-22(3,4)5/h7,12-13,16-17H,6,8-11,15H2,1-5H3,(H,23,24). The molecule has 0 aliphatic carbocycles. The summed E-state index contributed by atoms with van der Waals surface area (Å²) in [6.45, 7) is 9.78. The lowest BCUT2D eigenvalue weighted by molar-refractivity contribution is 0.0636. The van der Waals surface area contributed by atoms with Gasteiger partial charge in [-0.2, -0.15) is 0 Å². The summed E-state index contributed by atoms with van der Waals surface area (Å²) >= 11 is 0. The number of para-hydroxylation sites is 1. The Morgan fingerprint density at radius 2 is 1.84 bits per heavy atom. The van der Waals surface area contributed by atoms with Crippen LogP contribution in [0.2, 0.25) is 0 Å². The molecule has 0 spiro atoms. The van der Waals surface area contributed by atoms with Crippen molar-refractivity contribution in [3.8, 4) is 0 Å². The zero-order chi connectivity index (χ0) is 18.7. The Morgan fingerprint density at radius 3 is 2.48 bits per heavy atom. The van der Waals surface area contributed by atoms with Gasteiger partial charge in [0.25, 0.3) is 0 Å². The van der Waals surface area contributed by atoms with Gasteiger partial charge in [-0.05, 0) is 52.7 Å². The monoisotopic (exact) mass is 343 g/mol. The average Bonchev–Trinajstić information content (AvgIpc) is 2.52. The van der Waals surface area contributed by atoms with E-state index in [4.69, 9.17) is 4.74 Å². The maximum absolute atomic E-state index is 12.1. The van der Waals surface area contributed by atoms with E-state index >= 15 is 0 Å². The third-order valence-electron chi connectivity index (χ3n) is 3.74. The van der Waals surface area contributed by atoms with Gasteiger partial charge in [0, 0.05) is 11.1 Å². The van der Waals surface area contributed by atoms with Crippen LogP contribution in [0.3, 0.4) is 0 Å². The molecule has 0 saturated heterocycles. The van der Waals surface area contributed by atoms with Crippen LogP contribution in [0.15, 0.2) is 36.1 Å². The zero-order valence-electron chi connectivity index (χ0n) is 16.4. The van der Waals surface area contributed by atoms with Crippen molar-refractivity contribution < 1.29 is 9.53 Å². The van der Waals surface area contributed by atoms with Gasteiger partial charge in [0.2, 0.25) is 0 Å². The van der Waals surface area contributed by atoms with E-state index in [1.54, 1.807) is 0 Å². The summed E-state index contributed by atoms with van der Waals surface area (Å²) in [5.41, 5.74) is 5.76. The van der Waals surface area contributed by atoms with E-state index in [1.165, 1.54) is 25.7 Å². The van der Waals surface area contributed by atoms with E-state index in [-0.39, 0.29) is 0 Å². The SMILES string of the molecule is CC=C=C(CCCCCCC)c1ccccc1NC(=O)OC(C)(C)C. The molecule has 0 heterocycles. The fourth-order valence-corrected chi connectivity index (χ4v) is 2.63. The second-order valence-corrected chi connectivity index (χ2v) is 7.25. The van der Waals surface area contributed by atoms with Crippen molar-refractivity contribution in [3.05, 3.63) is 41.6 Å². The molecule has 1 aromatic rings. The minimum absolute atomic E-state index is 0.428. The molecular weight excluding hydrogens is 310 g/mol. The molecular formula is C22H33NO2. The number of benzene rings is 1. The number of hydrogen-bond acceptors (Lipinski definition) is 2. The second-order valence-electron chi connectivity index (χ2n) is 7.25. The lowest BCUT2D eigenvalue weighted by Gasteiger charge is -2.20. The minimum atomic E-state index is -0.514. The second kappa shape index (κ2) is 10.8. The molecule has 138 valence electrons. The van der Waals surface area contributed by atoms with Crippen LogP contribution >= 0.6 is 0 Å². The Hall–Kier alpha value is -1.99. The Kier molecular flexibility index (Phi) is 9.08. The molecule has 0 radical (unpaired) electrons. The fourth-order valence-electron chi connectivity index (χ4n) is 2.63. The van der Waals surface area contributed by atoms with E-state index in [0.717, 1.165) is 29.7 Å². The number of amides is 1. The van der Waals surface area contributed by atoms with E-state index in [1.807, 2.05) is 58.0 Å². The summed E-state index contributed by atoms with van der Waals surface area (Å²) in [7, 11) is 0. The van der Waals surface area contributed by atoms with Crippen LogP contribution in [0.5, 0.6) is 0 Å². The van der Waals surface area contributed by atoms with Crippen LogP contribution in [-0.2, 0) is 4.74 Å². The first-order valence-corrected chi connectivity index (χ1v) is 9.37. The van der Waals surface area contributed by atoms with Crippen LogP contribution in [0, 0.1) is 0 Å². The number of anilines is 1. The molecule has 0 aromatic heterocycles. The van der Waals surface area contributed by atoms with E-state index in [9.17, 15) is 4.79 Å². The third-order valence-corrected chi connectivity index (χ3v) is 3.74. The predicted molar refractivity (Wildman–Crippen MR) is 107 cm³/mol. The van der Waals surface area contributed by atoms with Crippen LogP contribution < -0.4 is 5.32 Å². The molecule has 0 bridgehead atoms. The summed E-state index contributed by atoms with van der Waals surface area (Å²) in [5.74, 6) is 0. The predicted octanol–water partition coefficient (Wildman–Crippen LogP) is 6.95. The molecule has 1 N–H and O–H groups in total. The Balaban J connectivity index is 2.87. The molecule has 3 nitrogen and oxygen atoms in total. The number of carbonyl (C=O) groups excluding carboxylic acids is 1. The number of hydrogen-bond donors (Lipinski definition) is 1.